The van der Waals surface area contributed by atoms with Crippen LogP contribution in [0.3, 0.4) is 0 Å². The molecule has 0 unspecified atom stereocenters. The molecule has 0 saturated carbocycles. The minimum atomic E-state index is -0.172. The normalized spacial score (nSPS) is 13.9. The molecule has 0 radical (unpaired) electrons. The summed E-state index contributed by atoms with van der Waals surface area (Å²) in [5.41, 5.74) is 2.96. The van der Waals surface area contributed by atoms with Crippen LogP contribution in [-0.4, -0.2) is 31.4 Å². The van der Waals surface area contributed by atoms with Crippen molar-refractivity contribution in [1.29, 1.82) is 0 Å². The monoisotopic (exact) mass is 365 g/mol. The number of amides is 2. The fraction of sp³-hybridized carbons (Fsp3) is 0.364. The van der Waals surface area contributed by atoms with Crippen molar-refractivity contribution in [2.24, 2.45) is 0 Å². The Morgan fingerprint density at radius 3 is 2.26 bits per heavy atom. The van der Waals surface area contributed by atoms with Crippen molar-refractivity contribution in [3.8, 4) is 0 Å². The van der Waals surface area contributed by atoms with Gasteiger partial charge in [-0.05, 0) is 49.1 Å². The molecule has 0 spiro atoms. The standard InChI is InChI=1S/C22H27N3O2/c1-18(26)25(17-22(27)23-16-19-8-4-2-5-9-19)21-12-10-20(11-13-21)24-14-6-3-7-15-24/h2,4-5,8-13H,3,6-7,14-17H2,1H3,(H,23,27). The Labute approximate surface area is 161 Å². The molecule has 1 aliphatic rings. The van der Waals surface area contributed by atoms with Gasteiger partial charge in [0.1, 0.15) is 6.54 Å². The maximum absolute atomic E-state index is 12.3. The average molecular weight is 365 g/mol. The van der Waals surface area contributed by atoms with Gasteiger partial charge < -0.3 is 15.1 Å². The van der Waals surface area contributed by atoms with Crippen molar-refractivity contribution >= 4 is 23.2 Å². The minimum Gasteiger partial charge on any atom is -0.372 e. The van der Waals surface area contributed by atoms with Gasteiger partial charge in [-0.3, -0.25) is 9.59 Å². The predicted molar refractivity (Wildman–Crippen MR) is 109 cm³/mol. The maximum atomic E-state index is 12.3. The number of hydrogen-bond donors (Lipinski definition) is 1. The Morgan fingerprint density at radius 1 is 0.963 bits per heavy atom. The quantitative estimate of drug-likeness (QED) is 0.854. The molecule has 2 aromatic carbocycles. The Balaban J connectivity index is 1.60. The van der Waals surface area contributed by atoms with Crippen LogP contribution in [0.25, 0.3) is 0 Å². The molecule has 1 N–H and O–H groups in total. The van der Waals surface area contributed by atoms with E-state index in [0.717, 1.165) is 24.3 Å². The summed E-state index contributed by atoms with van der Waals surface area (Å²) in [6, 6.07) is 17.7. The molecule has 142 valence electrons. The van der Waals surface area contributed by atoms with Crippen molar-refractivity contribution in [2.75, 3.05) is 29.4 Å². The van der Waals surface area contributed by atoms with E-state index < -0.39 is 0 Å². The second kappa shape index (κ2) is 9.21. The smallest absolute Gasteiger partial charge is 0.240 e. The van der Waals surface area contributed by atoms with Crippen LogP contribution in [0, 0.1) is 0 Å². The lowest BCUT2D eigenvalue weighted by atomic mass is 10.1. The Kier molecular flexibility index (Phi) is 6.47. The molecule has 1 aliphatic heterocycles. The van der Waals surface area contributed by atoms with Crippen molar-refractivity contribution in [3.05, 3.63) is 60.2 Å². The van der Waals surface area contributed by atoms with E-state index in [1.807, 2.05) is 54.6 Å². The third kappa shape index (κ3) is 5.33. The highest BCUT2D eigenvalue weighted by molar-refractivity contribution is 5.97. The first kappa shape index (κ1) is 19.0. The van der Waals surface area contributed by atoms with Crippen LogP contribution in [0.4, 0.5) is 11.4 Å². The van der Waals surface area contributed by atoms with E-state index in [4.69, 9.17) is 0 Å². The summed E-state index contributed by atoms with van der Waals surface area (Å²) >= 11 is 0. The van der Waals surface area contributed by atoms with E-state index >= 15 is 0 Å². The number of carbonyl (C=O) groups is 2. The van der Waals surface area contributed by atoms with Gasteiger partial charge in [0.25, 0.3) is 0 Å². The summed E-state index contributed by atoms with van der Waals surface area (Å²) in [5.74, 6) is -0.315. The molecule has 0 aliphatic carbocycles. The molecule has 27 heavy (non-hydrogen) atoms. The Bertz CT molecular complexity index is 753. The van der Waals surface area contributed by atoms with Crippen LogP contribution in [0.15, 0.2) is 54.6 Å². The molecule has 3 rings (SSSR count). The van der Waals surface area contributed by atoms with Crippen LogP contribution in [-0.2, 0) is 16.1 Å². The summed E-state index contributed by atoms with van der Waals surface area (Å²) in [5, 5.41) is 2.88. The number of anilines is 2. The molecule has 2 aromatic rings. The zero-order chi connectivity index (χ0) is 19.1. The first-order chi connectivity index (χ1) is 13.1. The van der Waals surface area contributed by atoms with Crippen LogP contribution in [0.1, 0.15) is 31.7 Å². The molecule has 5 heteroatoms. The first-order valence-corrected chi connectivity index (χ1v) is 9.57. The number of carbonyl (C=O) groups excluding carboxylic acids is 2. The number of nitrogens with zero attached hydrogens (tertiary/aromatic N) is 2. The second-order valence-corrected chi connectivity index (χ2v) is 6.93. The van der Waals surface area contributed by atoms with Gasteiger partial charge in [0.15, 0.2) is 0 Å². The van der Waals surface area contributed by atoms with Gasteiger partial charge >= 0.3 is 0 Å². The van der Waals surface area contributed by atoms with E-state index in [-0.39, 0.29) is 18.4 Å². The number of piperidine rings is 1. The molecule has 1 saturated heterocycles. The molecule has 1 fully saturated rings. The lowest BCUT2D eigenvalue weighted by Gasteiger charge is -2.29. The molecule has 5 nitrogen and oxygen atoms in total. The molecule has 2 amide bonds. The van der Waals surface area contributed by atoms with E-state index in [1.54, 1.807) is 0 Å². The van der Waals surface area contributed by atoms with Crippen LogP contribution in [0.2, 0.25) is 0 Å². The van der Waals surface area contributed by atoms with E-state index in [9.17, 15) is 9.59 Å². The van der Waals surface area contributed by atoms with Gasteiger partial charge in [0, 0.05) is 37.9 Å². The summed E-state index contributed by atoms with van der Waals surface area (Å²) < 4.78 is 0. The largest absolute Gasteiger partial charge is 0.372 e. The number of hydrogen-bond acceptors (Lipinski definition) is 3. The van der Waals surface area contributed by atoms with Crippen molar-refractivity contribution in [1.82, 2.24) is 5.32 Å². The Morgan fingerprint density at radius 2 is 1.63 bits per heavy atom. The van der Waals surface area contributed by atoms with E-state index in [1.165, 1.54) is 36.8 Å². The number of nitrogens with one attached hydrogen (secondary N) is 1. The lowest BCUT2D eigenvalue weighted by molar-refractivity contribution is -0.123. The van der Waals surface area contributed by atoms with Crippen LogP contribution < -0.4 is 15.1 Å². The zero-order valence-corrected chi connectivity index (χ0v) is 15.9. The summed E-state index contributed by atoms with van der Waals surface area (Å²) in [6.45, 7) is 4.13. The number of benzene rings is 2. The van der Waals surface area contributed by atoms with Gasteiger partial charge in [-0.2, -0.15) is 0 Å². The minimum absolute atomic E-state index is 0.0191. The van der Waals surface area contributed by atoms with Crippen molar-refractivity contribution < 1.29 is 9.59 Å². The summed E-state index contributed by atoms with van der Waals surface area (Å²) in [7, 11) is 0. The van der Waals surface area contributed by atoms with Gasteiger partial charge in [0.2, 0.25) is 11.8 Å². The van der Waals surface area contributed by atoms with Gasteiger partial charge in [-0.1, -0.05) is 30.3 Å². The fourth-order valence-corrected chi connectivity index (χ4v) is 3.38. The molecule has 0 aromatic heterocycles. The summed E-state index contributed by atoms with van der Waals surface area (Å²) in [6.07, 6.45) is 3.75. The maximum Gasteiger partial charge on any atom is 0.240 e. The van der Waals surface area contributed by atoms with Crippen LogP contribution >= 0.6 is 0 Å². The van der Waals surface area contributed by atoms with Crippen molar-refractivity contribution in [2.45, 2.75) is 32.7 Å². The van der Waals surface area contributed by atoms with Crippen molar-refractivity contribution in [3.63, 3.8) is 0 Å². The predicted octanol–water partition coefficient (Wildman–Crippen LogP) is 3.35. The summed E-state index contributed by atoms with van der Waals surface area (Å²) in [4.78, 5) is 28.3. The van der Waals surface area contributed by atoms with Crippen LogP contribution in [0.5, 0.6) is 0 Å². The molecule has 0 atom stereocenters. The molecule has 0 bridgehead atoms. The van der Waals surface area contributed by atoms with E-state index in [2.05, 4.69) is 10.2 Å². The van der Waals surface area contributed by atoms with Gasteiger partial charge in [0.05, 0.1) is 0 Å². The fourth-order valence-electron chi connectivity index (χ4n) is 3.38. The highest BCUT2D eigenvalue weighted by atomic mass is 16.2. The second-order valence-electron chi connectivity index (χ2n) is 6.93. The first-order valence-electron chi connectivity index (χ1n) is 9.57. The van der Waals surface area contributed by atoms with Gasteiger partial charge in [-0.25, -0.2) is 0 Å². The Hall–Kier alpha value is -2.82. The third-order valence-electron chi connectivity index (χ3n) is 4.90. The molecular formula is C22H27N3O2. The van der Waals surface area contributed by atoms with E-state index in [0.29, 0.717) is 6.54 Å². The highest BCUT2D eigenvalue weighted by Crippen LogP contribution is 2.23. The topological polar surface area (TPSA) is 52.7 Å². The number of rotatable bonds is 6. The molecule has 1 heterocycles. The average Bonchev–Trinajstić information content (AvgIpc) is 2.72. The SMILES string of the molecule is CC(=O)N(CC(=O)NCc1ccccc1)c1ccc(N2CCCCC2)cc1. The third-order valence-corrected chi connectivity index (χ3v) is 4.90. The zero-order valence-electron chi connectivity index (χ0n) is 15.9. The van der Waals surface area contributed by atoms with Gasteiger partial charge in [-0.15, -0.1) is 0 Å². The lowest BCUT2D eigenvalue weighted by Crippen LogP contribution is -2.39. The molecular weight excluding hydrogens is 338 g/mol. The highest BCUT2D eigenvalue weighted by Gasteiger charge is 2.17.